The third kappa shape index (κ3) is 4.35. The van der Waals surface area contributed by atoms with Gasteiger partial charge in [-0.05, 0) is 81.4 Å². The topological polar surface area (TPSA) is 41.4 Å². The Hall–Kier alpha value is -6.39. The van der Waals surface area contributed by atoms with Gasteiger partial charge in [-0.25, -0.2) is 9.98 Å². The lowest BCUT2D eigenvalue weighted by Crippen LogP contribution is -2.33. The summed E-state index contributed by atoms with van der Waals surface area (Å²) in [6.07, 6.45) is 3.78. The molecule has 0 N–H and O–H groups in total. The fourth-order valence-electron chi connectivity index (χ4n) is 7.97. The zero-order valence-electron chi connectivity index (χ0n) is 28.1. The number of rotatable bonds is 5. The molecule has 1 aliphatic rings. The molecule has 4 nitrogen and oxygen atoms in total. The summed E-state index contributed by atoms with van der Waals surface area (Å²) in [6.45, 7) is 12.7. The van der Waals surface area contributed by atoms with Gasteiger partial charge in [-0.3, -0.25) is 9.88 Å². The van der Waals surface area contributed by atoms with Gasteiger partial charge >= 0.3 is 0 Å². The van der Waals surface area contributed by atoms with Crippen molar-refractivity contribution in [2.24, 2.45) is 4.99 Å². The van der Waals surface area contributed by atoms with Gasteiger partial charge in [0.25, 0.3) is 0 Å². The summed E-state index contributed by atoms with van der Waals surface area (Å²) in [5.74, 6) is 0.808. The predicted octanol–water partition coefficient (Wildman–Crippen LogP) is 12.0. The molecule has 2 aromatic heterocycles. The number of fused-ring (bicyclic) bond motifs is 6. The predicted molar refractivity (Wildman–Crippen MR) is 211 cm³/mol. The van der Waals surface area contributed by atoms with Crippen LogP contribution in [0.25, 0.3) is 65.7 Å². The second-order valence-corrected chi connectivity index (χ2v) is 13.4. The van der Waals surface area contributed by atoms with E-state index in [2.05, 4.69) is 158 Å². The number of pyridine rings is 2. The van der Waals surface area contributed by atoms with E-state index in [4.69, 9.17) is 9.97 Å². The number of hydrogen-bond acceptors (Lipinski definition) is 4. The summed E-state index contributed by atoms with van der Waals surface area (Å²) >= 11 is 0. The Bertz CT molecular complexity index is 2660. The van der Waals surface area contributed by atoms with Gasteiger partial charge in [0.05, 0.1) is 22.4 Å². The zero-order valence-corrected chi connectivity index (χ0v) is 28.1. The molecule has 0 bridgehead atoms. The number of para-hydroxylation sites is 1. The third-order valence-electron chi connectivity index (χ3n) is 10.3. The molecule has 0 saturated heterocycles. The molecule has 6 aromatic carbocycles. The fraction of sp³-hybridized carbons (Fsp3) is 0.0652. The van der Waals surface area contributed by atoms with Crippen LogP contribution in [0.15, 0.2) is 169 Å². The molecule has 0 spiro atoms. The van der Waals surface area contributed by atoms with E-state index >= 15 is 0 Å². The lowest BCUT2D eigenvalue weighted by atomic mass is 9.73. The number of benzene rings is 6. The minimum Gasteiger partial charge on any atom is -0.295 e. The van der Waals surface area contributed by atoms with E-state index in [9.17, 15) is 0 Å². The minimum absolute atomic E-state index is 0.369. The maximum Gasteiger partial charge on any atom is 0.140 e. The van der Waals surface area contributed by atoms with Gasteiger partial charge in [-0.1, -0.05) is 124 Å². The minimum atomic E-state index is -0.369. The van der Waals surface area contributed by atoms with E-state index in [1.54, 1.807) is 0 Å². The Morgan fingerprint density at radius 3 is 1.94 bits per heavy atom. The molecule has 0 saturated carbocycles. The van der Waals surface area contributed by atoms with Crippen LogP contribution in [0.5, 0.6) is 0 Å². The van der Waals surface area contributed by atoms with E-state index < -0.39 is 0 Å². The maximum atomic E-state index is 5.33. The van der Waals surface area contributed by atoms with Crippen molar-refractivity contribution in [3.63, 3.8) is 0 Å². The molecule has 50 heavy (non-hydrogen) atoms. The highest BCUT2D eigenvalue weighted by molar-refractivity contribution is 6.21. The SMILES string of the molecule is C=CC1=C(N=C)N(c2ccccc2)c2ccc(-c3c4ccccc4c(-c4ccc5ccc6cccnc6c5n4)c4ccccc34)cc2C1(C)C. The number of anilines is 2. The van der Waals surface area contributed by atoms with Gasteiger partial charge in [0.15, 0.2) is 0 Å². The monoisotopic (exact) mass is 642 g/mol. The van der Waals surface area contributed by atoms with Crippen LogP contribution >= 0.6 is 0 Å². The average molecular weight is 643 g/mol. The Labute approximate surface area is 291 Å². The van der Waals surface area contributed by atoms with Crippen LogP contribution in [0, 0.1) is 0 Å². The molecule has 0 amide bonds. The van der Waals surface area contributed by atoms with E-state index in [-0.39, 0.29) is 5.41 Å². The van der Waals surface area contributed by atoms with Crippen LogP contribution in [0.3, 0.4) is 0 Å². The van der Waals surface area contributed by atoms with Crippen LogP contribution in [0.4, 0.5) is 11.4 Å². The molecular formula is C46H34N4. The van der Waals surface area contributed by atoms with E-state index in [1.807, 2.05) is 24.4 Å². The Kier molecular flexibility index (Phi) is 6.75. The summed E-state index contributed by atoms with van der Waals surface area (Å²) in [6, 6.07) is 47.3. The molecule has 238 valence electrons. The highest BCUT2D eigenvalue weighted by atomic mass is 15.2. The Balaban J connectivity index is 1.32. The van der Waals surface area contributed by atoms with Gasteiger partial charge in [0, 0.05) is 39.2 Å². The molecule has 9 rings (SSSR count). The second-order valence-electron chi connectivity index (χ2n) is 13.4. The van der Waals surface area contributed by atoms with Crippen LogP contribution in [-0.2, 0) is 5.41 Å². The summed E-state index contributed by atoms with van der Waals surface area (Å²) in [5, 5.41) is 6.85. The first-order chi connectivity index (χ1) is 24.5. The van der Waals surface area contributed by atoms with Gasteiger partial charge < -0.3 is 0 Å². The highest BCUT2D eigenvalue weighted by Gasteiger charge is 2.38. The van der Waals surface area contributed by atoms with Crippen molar-refractivity contribution in [3.05, 3.63) is 169 Å². The number of allylic oxidation sites excluding steroid dienone is 2. The highest BCUT2D eigenvalue weighted by Crippen LogP contribution is 2.51. The van der Waals surface area contributed by atoms with Crippen LogP contribution in [0.2, 0.25) is 0 Å². The van der Waals surface area contributed by atoms with Crippen LogP contribution in [0.1, 0.15) is 19.4 Å². The standard InChI is InChI=1S/C46H34N4/c1-5-37-45(47-4)50(32-15-7-6-8-16-32)40-26-24-31(28-38(40)46(37,2)3)41-33-17-9-11-19-35(33)42(36-20-12-10-18-34(36)41)39-25-23-30-22-21-29-14-13-27-48-43(29)44(30)49-39/h5-28H,1,4H2,2-3H3. The van der Waals surface area contributed by atoms with Crippen molar-refractivity contribution in [2.75, 3.05) is 4.90 Å². The maximum absolute atomic E-state index is 5.33. The first-order valence-electron chi connectivity index (χ1n) is 16.9. The third-order valence-corrected chi connectivity index (χ3v) is 10.3. The van der Waals surface area contributed by atoms with E-state index in [1.165, 1.54) is 21.9 Å². The number of hydrogen-bond donors (Lipinski definition) is 0. The van der Waals surface area contributed by atoms with Gasteiger partial charge in [0.1, 0.15) is 5.82 Å². The number of nitrogens with zero attached hydrogens (tertiary/aromatic N) is 4. The fourth-order valence-corrected chi connectivity index (χ4v) is 7.97. The summed E-state index contributed by atoms with van der Waals surface area (Å²) in [5.41, 5.74) is 10.2. The van der Waals surface area contributed by atoms with Crippen molar-refractivity contribution in [1.29, 1.82) is 0 Å². The molecule has 0 radical (unpaired) electrons. The van der Waals surface area contributed by atoms with Gasteiger partial charge in [-0.15, -0.1) is 0 Å². The van der Waals surface area contributed by atoms with Crippen LogP contribution < -0.4 is 4.90 Å². The van der Waals surface area contributed by atoms with Crippen molar-refractivity contribution in [3.8, 4) is 22.4 Å². The first-order valence-corrected chi connectivity index (χ1v) is 16.9. The van der Waals surface area contributed by atoms with Crippen molar-refractivity contribution in [1.82, 2.24) is 9.97 Å². The largest absolute Gasteiger partial charge is 0.295 e. The number of aliphatic imine (C=N–C) groups is 1. The van der Waals surface area contributed by atoms with Gasteiger partial charge in [-0.2, -0.15) is 0 Å². The van der Waals surface area contributed by atoms with Crippen LogP contribution in [-0.4, -0.2) is 16.7 Å². The summed E-state index contributed by atoms with van der Waals surface area (Å²) in [4.78, 5) is 16.8. The second kappa shape index (κ2) is 11.4. The van der Waals surface area contributed by atoms with E-state index in [0.717, 1.165) is 72.2 Å². The van der Waals surface area contributed by atoms with Crippen molar-refractivity contribution in [2.45, 2.75) is 19.3 Å². The van der Waals surface area contributed by atoms with E-state index in [0.29, 0.717) is 0 Å². The molecular weight excluding hydrogens is 609 g/mol. The zero-order chi connectivity index (χ0) is 34.0. The number of aromatic nitrogens is 2. The molecule has 3 heterocycles. The molecule has 4 heteroatoms. The molecule has 0 aliphatic carbocycles. The molecule has 8 aromatic rings. The summed E-state index contributed by atoms with van der Waals surface area (Å²) < 4.78 is 0. The summed E-state index contributed by atoms with van der Waals surface area (Å²) in [7, 11) is 0. The Morgan fingerprint density at radius 1 is 0.660 bits per heavy atom. The molecule has 1 aliphatic heterocycles. The van der Waals surface area contributed by atoms with Gasteiger partial charge in [0.2, 0.25) is 0 Å². The van der Waals surface area contributed by atoms with Crippen molar-refractivity contribution >= 4 is 61.4 Å². The lowest BCUT2D eigenvalue weighted by Gasteiger charge is -2.41. The first kappa shape index (κ1) is 29.7. The van der Waals surface area contributed by atoms with Crippen molar-refractivity contribution < 1.29 is 0 Å². The lowest BCUT2D eigenvalue weighted by molar-refractivity contribution is 0.616. The molecule has 0 unspecified atom stereocenters. The molecule has 0 fully saturated rings. The smallest absolute Gasteiger partial charge is 0.140 e. The Morgan fingerprint density at radius 2 is 1.28 bits per heavy atom. The average Bonchev–Trinajstić information content (AvgIpc) is 3.16. The normalized spacial score (nSPS) is 14.0. The quantitative estimate of drug-likeness (QED) is 0.107. The molecule has 0 atom stereocenters.